The molecule has 2 bridgehead atoms. The molecule has 2 N–H and O–H groups in total. The number of rotatable bonds is 4. The molecule has 1 aromatic carbocycles. The number of carboxylic acid groups (broad SMARTS) is 1. The number of hydrogen-bond donors (Lipinski definition) is 2. The van der Waals surface area contributed by atoms with Crippen LogP contribution in [0.25, 0.3) is 10.9 Å². The van der Waals surface area contributed by atoms with Crippen LogP contribution in [0, 0.1) is 5.82 Å². The van der Waals surface area contributed by atoms with Gasteiger partial charge in [-0.05, 0) is 32.4 Å². The molecule has 1 aromatic heterocycles. The number of aromatic carboxylic acids is 1. The third-order valence-corrected chi connectivity index (χ3v) is 5.65. The van der Waals surface area contributed by atoms with E-state index < -0.39 is 35.0 Å². The summed E-state index contributed by atoms with van der Waals surface area (Å²) in [4.78, 5) is 26.0. The van der Waals surface area contributed by atoms with Gasteiger partial charge >= 0.3 is 5.97 Å². The Morgan fingerprint density at radius 2 is 2.15 bits per heavy atom. The molecule has 0 aliphatic carbocycles. The molecule has 6 nitrogen and oxygen atoms in total. The van der Waals surface area contributed by atoms with Gasteiger partial charge < -0.3 is 19.9 Å². The quantitative estimate of drug-likeness (QED) is 0.854. The Balaban J connectivity index is 1.99. The van der Waals surface area contributed by atoms with Crippen LogP contribution < -0.4 is 15.6 Å². The van der Waals surface area contributed by atoms with Gasteiger partial charge in [-0.15, -0.1) is 0 Å². The first-order valence-electron chi connectivity index (χ1n) is 8.91. The minimum absolute atomic E-state index is 0.0554. The monoisotopic (exact) mass is 377 g/mol. The average Bonchev–Trinajstić information content (AvgIpc) is 3.24. The number of pyridine rings is 1. The van der Waals surface area contributed by atoms with Crippen molar-refractivity contribution in [1.29, 1.82) is 0 Å². The van der Waals surface area contributed by atoms with Gasteiger partial charge in [0.05, 0.1) is 16.7 Å². The first-order valence-corrected chi connectivity index (χ1v) is 8.91. The van der Waals surface area contributed by atoms with E-state index >= 15 is 0 Å². The van der Waals surface area contributed by atoms with E-state index in [1.54, 1.807) is 19.9 Å². The highest BCUT2D eigenvalue weighted by atomic mass is 19.1. The molecule has 0 radical (unpaired) electrons. The van der Waals surface area contributed by atoms with Gasteiger partial charge in [-0.2, -0.15) is 0 Å². The summed E-state index contributed by atoms with van der Waals surface area (Å²) >= 11 is 0. The van der Waals surface area contributed by atoms with E-state index in [2.05, 4.69) is 5.32 Å². The van der Waals surface area contributed by atoms with Crippen molar-refractivity contribution in [3.05, 3.63) is 39.9 Å². The van der Waals surface area contributed by atoms with E-state index in [1.165, 1.54) is 4.57 Å². The van der Waals surface area contributed by atoms with E-state index in [4.69, 9.17) is 0 Å². The number of benzene rings is 1. The van der Waals surface area contributed by atoms with Crippen LogP contribution >= 0.6 is 0 Å². The molecule has 27 heavy (non-hydrogen) atoms. The minimum Gasteiger partial charge on any atom is -0.477 e. The molecule has 2 aliphatic heterocycles. The number of alkyl halides is 1. The lowest BCUT2D eigenvalue weighted by atomic mass is 10.0. The fourth-order valence-electron chi connectivity index (χ4n) is 4.13. The molecule has 8 heteroatoms. The molecular weight excluding hydrogens is 356 g/mol. The van der Waals surface area contributed by atoms with Crippen molar-refractivity contribution >= 4 is 22.6 Å². The van der Waals surface area contributed by atoms with E-state index in [9.17, 15) is 23.5 Å². The normalized spacial score (nSPS) is 22.0. The van der Waals surface area contributed by atoms with Crippen molar-refractivity contribution in [1.82, 2.24) is 9.88 Å². The van der Waals surface area contributed by atoms with Gasteiger partial charge in [0.15, 0.2) is 0 Å². The molecule has 2 fully saturated rings. The summed E-state index contributed by atoms with van der Waals surface area (Å²) in [5.74, 6) is -1.99. The number of carbonyl (C=O) groups is 1. The van der Waals surface area contributed by atoms with E-state index in [0.29, 0.717) is 23.8 Å². The van der Waals surface area contributed by atoms with Crippen LogP contribution in [-0.2, 0) is 5.54 Å². The lowest BCUT2D eigenvalue weighted by molar-refractivity contribution is 0.0694. The van der Waals surface area contributed by atoms with Crippen molar-refractivity contribution in [2.75, 3.05) is 24.7 Å². The highest BCUT2D eigenvalue weighted by Gasteiger charge is 2.39. The molecule has 0 spiro atoms. The Hall–Kier alpha value is -2.48. The maximum Gasteiger partial charge on any atom is 0.341 e. The molecule has 2 aromatic rings. The van der Waals surface area contributed by atoms with Crippen LogP contribution in [0.5, 0.6) is 0 Å². The Morgan fingerprint density at radius 1 is 1.41 bits per heavy atom. The SMILES string of the molecule is CC(C)(CF)n1cc(C(=O)O)c(=O)c2cc(F)c(N3CC4CC3CN4)cc21. The highest BCUT2D eigenvalue weighted by molar-refractivity contribution is 5.93. The largest absolute Gasteiger partial charge is 0.477 e. The zero-order valence-corrected chi connectivity index (χ0v) is 15.1. The molecule has 2 aliphatic rings. The van der Waals surface area contributed by atoms with E-state index in [1.807, 2.05) is 4.90 Å². The predicted molar refractivity (Wildman–Crippen MR) is 98.0 cm³/mol. The van der Waals surface area contributed by atoms with Crippen LogP contribution in [0.2, 0.25) is 0 Å². The molecule has 0 amide bonds. The number of halogens is 2. The summed E-state index contributed by atoms with van der Waals surface area (Å²) in [5.41, 5.74) is -1.65. The number of piperazine rings is 1. The number of anilines is 1. The fraction of sp³-hybridized carbons (Fsp3) is 0.474. The van der Waals surface area contributed by atoms with Crippen LogP contribution in [0.15, 0.2) is 23.1 Å². The third kappa shape index (κ3) is 2.70. The molecule has 0 saturated carbocycles. The third-order valence-electron chi connectivity index (χ3n) is 5.65. The second-order valence-electron chi connectivity index (χ2n) is 7.96. The lowest BCUT2D eigenvalue weighted by Crippen LogP contribution is -2.44. The molecule has 2 atom stereocenters. The molecule has 3 heterocycles. The Bertz CT molecular complexity index is 1000. The van der Waals surface area contributed by atoms with Gasteiger partial charge in [-0.1, -0.05) is 0 Å². The summed E-state index contributed by atoms with van der Waals surface area (Å²) in [6.45, 7) is 3.87. The summed E-state index contributed by atoms with van der Waals surface area (Å²) in [7, 11) is 0. The molecule has 4 rings (SSSR count). The van der Waals surface area contributed by atoms with Crippen molar-refractivity contribution in [2.24, 2.45) is 0 Å². The Labute approximate surface area is 154 Å². The minimum atomic E-state index is -1.42. The van der Waals surface area contributed by atoms with Crippen molar-refractivity contribution in [3.8, 4) is 0 Å². The molecular formula is C19H21F2N3O3. The summed E-state index contributed by atoms with van der Waals surface area (Å²) in [6.07, 6.45) is 2.09. The summed E-state index contributed by atoms with van der Waals surface area (Å²) in [6, 6.07) is 3.12. The summed E-state index contributed by atoms with van der Waals surface area (Å²) < 4.78 is 30.0. The summed E-state index contributed by atoms with van der Waals surface area (Å²) in [5, 5.41) is 12.6. The maximum absolute atomic E-state index is 14.9. The van der Waals surface area contributed by atoms with Gasteiger partial charge in [0.1, 0.15) is 18.1 Å². The number of aromatic nitrogens is 1. The Morgan fingerprint density at radius 3 is 2.70 bits per heavy atom. The van der Waals surface area contributed by atoms with Crippen LogP contribution in [0.3, 0.4) is 0 Å². The van der Waals surface area contributed by atoms with E-state index in [0.717, 1.165) is 25.2 Å². The van der Waals surface area contributed by atoms with Crippen LogP contribution in [0.1, 0.15) is 30.6 Å². The number of nitrogens with zero attached hydrogens (tertiary/aromatic N) is 2. The smallest absolute Gasteiger partial charge is 0.341 e. The molecule has 2 saturated heterocycles. The van der Waals surface area contributed by atoms with Crippen LogP contribution in [-0.4, -0.2) is 47.5 Å². The van der Waals surface area contributed by atoms with Gasteiger partial charge in [-0.25, -0.2) is 13.6 Å². The number of fused-ring (bicyclic) bond motifs is 3. The van der Waals surface area contributed by atoms with Gasteiger partial charge in [-0.3, -0.25) is 4.79 Å². The fourth-order valence-corrected chi connectivity index (χ4v) is 4.13. The van der Waals surface area contributed by atoms with Crippen molar-refractivity contribution < 1.29 is 18.7 Å². The first kappa shape index (κ1) is 17.9. The highest BCUT2D eigenvalue weighted by Crippen LogP contribution is 2.34. The molecule has 2 unspecified atom stereocenters. The number of nitrogens with one attached hydrogen (secondary N) is 1. The van der Waals surface area contributed by atoms with Crippen molar-refractivity contribution in [2.45, 2.75) is 37.9 Å². The lowest BCUT2D eigenvalue weighted by Gasteiger charge is -2.32. The topological polar surface area (TPSA) is 74.6 Å². The molecule has 144 valence electrons. The van der Waals surface area contributed by atoms with Crippen LogP contribution in [0.4, 0.5) is 14.5 Å². The average molecular weight is 377 g/mol. The standard InChI is InChI=1S/C19H21F2N3O3/c1-19(2,9-20)24-8-13(18(26)27)17(25)12-4-14(21)16(5-15(12)24)23-7-10-3-11(23)6-22-10/h4-5,8,10-11,22H,3,6-7,9H2,1-2H3,(H,26,27). The number of carboxylic acids is 1. The second-order valence-corrected chi connectivity index (χ2v) is 7.96. The van der Waals surface area contributed by atoms with Gasteiger partial charge in [0.2, 0.25) is 5.43 Å². The van der Waals surface area contributed by atoms with Gasteiger partial charge in [0.25, 0.3) is 0 Å². The van der Waals surface area contributed by atoms with Crippen molar-refractivity contribution in [3.63, 3.8) is 0 Å². The Kier molecular flexibility index (Phi) is 3.99. The van der Waals surface area contributed by atoms with E-state index in [-0.39, 0.29) is 11.4 Å². The van der Waals surface area contributed by atoms with Gasteiger partial charge in [0, 0.05) is 36.8 Å². The zero-order chi connectivity index (χ0) is 19.5. The zero-order valence-electron chi connectivity index (χ0n) is 15.1. The number of hydrogen-bond acceptors (Lipinski definition) is 4. The predicted octanol–water partition coefficient (Wildman–Crippen LogP) is 2.09. The second kappa shape index (κ2) is 6.02. The first-order chi connectivity index (χ1) is 12.7. The maximum atomic E-state index is 14.9.